The number of halogens is 2. The van der Waals surface area contributed by atoms with Crippen molar-refractivity contribution in [2.75, 3.05) is 13.2 Å². The lowest BCUT2D eigenvalue weighted by Crippen LogP contribution is -2.24. The first-order valence-corrected chi connectivity index (χ1v) is 7.81. The van der Waals surface area contributed by atoms with Gasteiger partial charge in [-0.15, -0.1) is 0 Å². The molecule has 2 nitrogen and oxygen atoms in total. The Labute approximate surface area is 122 Å². The summed E-state index contributed by atoms with van der Waals surface area (Å²) in [7, 11) is 0. The molecular weight excluding hydrogens is 309 g/mol. The van der Waals surface area contributed by atoms with E-state index in [9.17, 15) is 4.39 Å². The maximum atomic E-state index is 12.9. The summed E-state index contributed by atoms with van der Waals surface area (Å²) in [6, 6.07) is 4.78. The van der Waals surface area contributed by atoms with Crippen molar-refractivity contribution in [2.24, 2.45) is 0 Å². The summed E-state index contributed by atoms with van der Waals surface area (Å²) in [5, 5.41) is 3.32. The molecule has 0 saturated heterocycles. The molecule has 0 radical (unpaired) electrons. The highest BCUT2D eigenvalue weighted by Crippen LogP contribution is 2.20. The molecule has 1 saturated carbocycles. The van der Waals surface area contributed by atoms with Gasteiger partial charge in [-0.3, -0.25) is 0 Å². The van der Waals surface area contributed by atoms with E-state index in [1.165, 1.54) is 44.2 Å². The van der Waals surface area contributed by atoms with Crippen LogP contribution in [0.1, 0.15) is 37.7 Å². The quantitative estimate of drug-likeness (QED) is 0.795. The van der Waals surface area contributed by atoms with E-state index in [4.69, 9.17) is 4.74 Å². The summed E-state index contributed by atoms with van der Waals surface area (Å²) in [4.78, 5) is 0. The van der Waals surface area contributed by atoms with Gasteiger partial charge < -0.3 is 10.1 Å². The van der Waals surface area contributed by atoms with E-state index >= 15 is 0 Å². The van der Waals surface area contributed by atoms with Gasteiger partial charge in [-0.25, -0.2) is 4.39 Å². The lowest BCUT2D eigenvalue weighted by atomic mass is 9.98. The largest absolute Gasteiger partial charge is 0.377 e. The van der Waals surface area contributed by atoms with Crippen LogP contribution in [0.2, 0.25) is 0 Å². The Morgan fingerprint density at radius 3 is 2.79 bits per heavy atom. The molecule has 1 aromatic rings. The van der Waals surface area contributed by atoms with Gasteiger partial charge in [-0.05, 0) is 30.5 Å². The minimum atomic E-state index is -0.212. The predicted octanol–water partition coefficient (Wildman–Crippen LogP) is 4.03. The zero-order chi connectivity index (χ0) is 13.5. The smallest absolute Gasteiger partial charge is 0.124 e. The second-order valence-electron chi connectivity index (χ2n) is 5.04. The Kier molecular flexibility index (Phi) is 6.28. The van der Waals surface area contributed by atoms with Gasteiger partial charge in [0.1, 0.15) is 5.82 Å². The molecule has 0 atom stereocenters. The van der Waals surface area contributed by atoms with E-state index in [1.807, 2.05) is 0 Å². The third kappa shape index (κ3) is 5.21. The van der Waals surface area contributed by atoms with Crippen LogP contribution in [0.3, 0.4) is 0 Å². The van der Waals surface area contributed by atoms with Gasteiger partial charge in [-0.1, -0.05) is 41.3 Å². The summed E-state index contributed by atoms with van der Waals surface area (Å²) in [6.07, 6.45) is 6.86. The molecule has 1 fully saturated rings. The molecule has 0 spiro atoms. The molecule has 1 aromatic carbocycles. The fourth-order valence-corrected chi connectivity index (χ4v) is 2.91. The number of hydrogen-bond acceptors (Lipinski definition) is 2. The van der Waals surface area contributed by atoms with Crippen LogP contribution in [-0.4, -0.2) is 19.3 Å². The molecule has 106 valence electrons. The molecule has 0 aromatic heterocycles. The van der Waals surface area contributed by atoms with Gasteiger partial charge in [-0.2, -0.15) is 0 Å². The lowest BCUT2D eigenvalue weighted by Gasteiger charge is -2.22. The van der Waals surface area contributed by atoms with E-state index in [0.717, 1.165) is 29.7 Å². The van der Waals surface area contributed by atoms with Crippen molar-refractivity contribution in [3.8, 4) is 0 Å². The summed E-state index contributed by atoms with van der Waals surface area (Å²) >= 11 is 3.37. The Morgan fingerprint density at radius 1 is 1.26 bits per heavy atom. The number of benzene rings is 1. The monoisotopic (exact) mass is 329 g/mol. The summed E-state index contributed by atoms with van der Waals surface area (Å²) in [6.45, 7) is 2.32. The van der Waals surface area contributed by atoms with E-state index < -0.39 is 0 Å². The Hall–Kier alpha value is -0.450. The normalized spacial score (nSPS) is 16.7. The minimum Gasteiger partial charge on any atom is -0.377 e. The SMILES string of the molecule is Fc1ccc(CNCCOC2CCCCC2)c(Br)c1. The Morgan fingerprint density at radius 2 is 2.05 bits per heavy atom. The second-order valence-corrected chi connectivity index (χ2v) is 5.90. The highest BCUT2D eigenvalue weighted by Gasteiger charge is 2.12. The van der Waals surface area contributed by atoms with Crippen molar-refractivity contribution in [3.63, 3.8) is 0 Å². The van der Waals surface area contributed by atoms with Gasteiger partial charge in [0.05, 0.1) is 12.7 Å². The number of ether oxygens (including phenoxy) is 1. The maximum absolute atomic E-state index is 12.9. The third-order valence-electron chi connectivity index (χ3n) is 3.52. The molecule has 1 N–H and O–H groups in total. The molecule has 0 heterocycles. The summed E-state index contributed by atoms with van der Waals surface area (Å²) < 4.78 is 19.6. The van der Waals surface area contributed by atoms with Gasteiger partial charge >= 0.3 is 0 Å². The first-order chi connectivity index (χ1) is 9.25. The highest BCUT2D eigenvalue weighted by molar-refractivity contribution is 9.10. The van der Waals surface area contributed by atoms with E-state index in [1.54, 1.807) is 6.07 Å². The molecule has 2 rings (SSSR count). The Balaban J connectivity index is 1.61. The Bertz CT molecular complexity index is 394. The second kappa shape index (κ2) is 7.98. The number of nitrogens with one attached hydrogen (secondary N) is 1. The number of rotatable bonds is 6. The van der Waals surface area contributed by atoms with E-state index in [-0.39, 0.29) is 5.82 Å². The first-order valence-electron chi connectivity index (χ1n) is 7.02. The molecule has 0 bridgehead atoms. The topological polar surface area (TPSA) is 21.3 Å². The minimum absolute atomic E-state index is 0.212. The molecule has 0 amide bonds. The van der Waals surface area contributed by atoms with Gasteiger partial charge in [0, 0.05) is 17.6 Å². The first kappa shape index (κ1) is 14.9. The average molecular weight is 330 g/mol. The molecule has 1 aliphatic rings. The van der Waals surface area contributed by atoms with Crippen LogP contribution in [0.25, 0.3) is 0 Å². The van der Waals surface area contributed by atoms with Gasteiger partial charge in [0.15, 0.2) is 0 Å². The van der Waals surface area contributed by atoms with Crippen LogP contribution < -0.4 is 5.32 Å². The maximum Gasteiger partial charge on any atom is 0.124 e. The van der Waals surface area contributed by atoms with Crippen molar-refractivity contribution in [1.82, 2.24) is 5.32 Å². The van der Waals surface area contributed by atoms with Crippen molar-refractivity contribution in [1.29, 1.82) is 0 Å². The predicted molar refractivity (Wildman–Crippen MR) is 78.6 cm³/mol. The zero-order valence-electron chi connectivity index (χ0n) is 11.1. The zero-order valence-corrected chi connectivity index (χ0v) is 12.7. The van der Waals surface area contributed by atoms with Crippen molar-refractivity contribution in [2.45, 2.75) is 44.8 Å². The molecule has 0 unspecified atom stereocenters. The van der Waals surface area contributed by atoms with Crippen molar-refractivity contribution >= 4 is 15.9 Å². The van der Waals surface area contributed by atoms with Crippen LogP contribution in [0.15, 0.2) is 22.7 Å². The standard InChI is InChI=1S/C15H21BrFNO/c16-15-10-13(17)7-6-12(15)11-18-8-9-19-14-4-2-1-3-5-14/h6-7,10,14,18H,1-5,8-9,11H2. The molecule has 4 heteroatoms. The van der Waals surface area contributed by atoms with Gasteiger partial charge in [0.2, 0.25) is 0 Å². The lowest BCUT2D eigenvalue weighted by molar-refractivity contribution is 0.0302. The average Bonchev–Trinajstić information content (AvgIpc) is 2.42. The van der Waals surface area contributed by atoms with Crippen molar-refractivity contribution < 1.29 is 9.13 Å². The third-order valence-corrected chi connectivity index (χ3v) is 4.25. The molecule has 0 aliphatic heterocycles. The fourth-order valence-electron chi connectivity index (χ4n) is 2.42. The highest BCUT2D eigenvalue weighted by atomic mass is 79.9. The molecule has 1 aliphatic carbocycles. The molecule has 19 heavy (non-hydrogen) atoms. The summed E-state index contributed by atoms with van der Waals surface area (Å²) in [5.74, 6) is -0.212. The van der Waals surface area contributed by atoms with Crippen LogP contribution in [0, 0.1) is 5.82 Å². The van der Waals surface area contributed by atoms with Crippen LogP contribution >= 0.6 is 15.9 Å². The van der Waals surface area contributed by atoms with Crippen LogP contribution in [-0.2, 0) is 11.3 Å². The summed E-state index contributed by atoms with van der Waals surface area (Å²) in [5.41, 5.74) is 1.07. The number of hydrogen-bond donors (Lipinski definition) is 1. The van der Waals surface area contributed by atoms with Crippen LogP contribution in [0.5, 0.6) is 0 Å². The van der Waals surface area contributed by atoms with E-state index in [2.05, 4.69) is 21.2 Å². The van der Waals surface area contributed by atoms with Gasteiger partial charge in [0.25, 0.3) is 0 Å². The van der Waals surface area contributed by atoms with E-state index in [0.29, 0.717) is 6.10 Å². The van der Waals surface area contributed by atoms with Crippen molar-refractivity contribution in [3.05, 3.63) is 34.1 Å². The molecular formula is C15H21BrFNO. The van der Waals surface area contributed by atoms with Crippen LogP contribution in [0.4, 0.5) is 4.39 Å². The fraction of sp³-hybridized carbons (Fsp3) is 0.600.